The van der Waals surface area contributed by atoms with Crippen molar-refractivity contribution in [1.29, 1.82) is 0 Å². The van der Waals surface area contributed by atoms with Gasteiger partial charge in [0.1, 0.15) is 5.60 Å². The maximum Gasteiger partial charge on any atom is 0.407 e. The van der Waals surface area contributed by atoms with E-state index in [0.29, 0.717) is 12.5 Å². The van der Waals surface area contributed by atoms with Gasteiger partial charge in [0, 0.05) is 36.6 Å². The average Bonchev–Trinajstić information content (AvgIpc) is 3.01. The first-order valence-electron chi connectivity index (χ1n) is 10.0. The lowest BCUT2D eigenvalue weighted by molar-refractivity contribution is -0.121. The van der Waals surface area contributed by atoms with Crippen molar-refractivity contribution < 1.29 is 14.3 Å². The number of nitrogens with zero attached hydrogens (tertiary/aromatic N) is 1. The zero-order chi connectivity index (χ0) is 20.3. The highest BCUT2D eigenvalue weighted by molar-refractivity contribution is 6.02. The molecule has 1 aromatic carbocycles. The van der Waals surface area contributed by atoms with Gasteiger partial charge >= 0.3 is 6.09 Å². The van der Waals surface area contributed by atoms with E-state index in [2.05, 4.69) is 10.6 Å². The first kappa shape index (κ1) is 20.2. The Balaban J connectivity index is 1.48. The summed E-state index contributed by atoms with van der Waals surface area (Å²) >= 11 is 0. The van der Waals surface area contributed by atoms with Crippen LogP contribution in [0.25, 0.3) is 10.9 Å². The fourth-order valence-electron chi connectivity index (χ4n) is 3.82. The Morgan fingerprint density at radius 1 is 1.14 bits per heavy atom. The van der Waals surface area contributed by atoms with Gasteiger partial charge in [0.15, 0.2) is 0 Å². The summed E-state index contributed by atoms with van der Waals surface area (Å²) in [5.41, 5.74) is 1.49. The second-order valence-corrected chi connectivity index (χ2v) is 8.75. The fraction of sp³-hybridized carbons (Fsp3) is 0.545. The van der Waals surface area contributed by atoms with Gasteiger partial charge in [-0.05, 0) is 70.6 Å². The van der Waals surface area contributed by atoms with Crippen molar-refractivity contribution in [3.05, 3.63) is 30.5 Å². The number of aromatic nitrogens is 1. The van der Waals surface area contributed by atoms with Gasteiger partial charge in [-0.25, -0.2) is 4.79 Å². The molecule has 2 N–H and O–H groups in total. The van der Waals surface area contributed by atoms with Crippen LogP contribution in [0.15, 0.2) is 30.5 Å². The Bertz CT molecular complexity index is 842. The van der Waals surface area contributed by atoms with Crippen molar-refractivity contribution in [3.63, 3.8) is 0 Å². The predicted molar refractivity (Wildman–Crippen MR) is 111 cm³/mol. The van der Waals surface area contributed by atoms with Gasteiger partial charge in [-0.1, -0.05) is 6.07 Å². The summed E-state index contributed by atoms with van der Waals surface area (Å²) in [6, 6.07) is 8.01. The third-order valence-corrected chi connectivity index (χ3v) is 5.34. The number of carbonyl (C=O) groups excluding carboxylic acids is 2. The molecule has 1 aromatic heterocycles. The molecule has 6 nitrogen and oxygen atoms in total. The van der Waals surface area contributed by atoms with Gasteiger partial charge < -0.3 is 19.9 Å². The second-order valence-electron chi connectivity index (χ2n) is 8.75. The van der Waals surface area contributed by atoms with Crippen molar-refractivity contribution >= 4 is 28.6 Å². The largest absolute Gasteiger partial charge is 0.444 e. The Morgan fingerprint density at radius 2 is 1.86 bits per heavy atom. The summed E-state index contributed by atoms with van der Waals surface area (Å²) in [5.74, 6) is 0.515. The molecule has 3 rings (SSSR count). The molecule has 2 amide bonds. The molecule has 0 spiro atoms. The molecule has 0 bridgehead atoms. The number of hydrogen-bond acceptors (Lipinski definition) is 3. The Morgan fingerprint density at radius 3 is 2.54 bits per heavy atom. The van der Waals surface area contributed by atoms with Crippen molar-refractivity contribution in [2.75, 3.05) is 11.9 Å². The molecule has 0 saturated heterocycles. The molecule has 0 aliphatic heterocycles. The van der Waals surface area contributed by atoms with Crippen molar-refractivity contribution in [1.82, 2.24) is 9.88 Å². The van der Waals surface area contributed by atoms with Crippen LogP contribution in [0.4, 0.5) is 10.5 Å². The number of ether oxygens (including phenoxy) is 1. The quantitative estimate of drug-likeness (QED) is 0.817. The summed E-state index contributed by atoms with van der Waals surface area (Å²) in [6.07, 6.45) is 5.19. The number of amides is 2. The molecule has 0 atom stereocenters. The smallest absolute Gasteiger partial charge is 0.407 e. The van der Waals surface area contributed by atoms with E-state index in [1.165, 1.54) is 0 Å². The molecular weight excluding hydrogens is 354 g/mol. The van der Waals surface area contributed by atoms with Gasteiger partial charge in [0.2, 0.25) is 5.91 Å². The number of aryl methyl sites for hydroxylation is 1. The lowest BCUT2D eigenvalue weighted by Crippen LogP contribution is -2.37. The minimum Gasteiger partial charge on any atom is -0.444 e. The van der Waals surface area contributed by atoms with Gasteiger partial charge in [0.25, 0.3) is 0 Å². The van der Waals surface area contributed by atoms with Crippen molar-refractivity contribution in [2.24, 2.45) is 18.9 Å². The normalized spacial score (nSPS) is 20.0. The zero-order valence-electron chi connectivity index (χ0n) is 17.2. The van der Waals surface area contributed by atoms with E-state index in [-0.39, 0.29) is 17.9 Å². The van der Waals surface area contributed by atoms with Gasteiger partial charge in [-0.3, -0.25) is 4.79 Å². The number of nitrogens with one attached hydrogen (secondary N) is 2. The first-order valence-corrected chi connectivity index (χ1v) is 10.0. The van der Waals surface area contributed by atoms with Crippen LogP contribution in [0.3, 0.4) is 0 Å². The van der Waals surface area contributed by atoms with E-state index in [9.17, 15) is 9.59 Å². The number of carbonyl (C=O) groups is 2. The lowest BCUT2D eigenvalue weighted by atomic mass is 9.81. The van der Waals surface area contributed by atoms with Crippen LogP contribution >= 0.6 is 0 Å². The molecule has 2 aromatic rings. The molecule has 28 heavy (non-hydrogen) atoms. The zero-order valence-corrected chi connectivity index (χ0v) is 17.2. The van der Waals surface area contributed by atoms with Crippen molar-refractivity contribution in [3.8, 4) is 0 Å². The van der Waals surface area contributed by atoms with E-state index in [1.54, 1.807) is 0 Å². The molecule has 1 fully saturated rings. The highest BCUT2D eigenvalue weighted by Crippen LogP contribution is 2.31. The molecule has 0 radical (unpaired) electrons. The van der Waals surface area contributed by atoms with E-state index in [1.807, 2.05) is 62.8 Å². The van der Waals surface area contributed by atoms with Gasteiger partial charge in [-0.15, -0.1) is 0 Å². The third kappa shape index (κ3) is 5.06. The molecule has 0 unspecified atom stereocenters. The molecule has 152 valence electrons. The highest BCUT2D eigenvalue weighted by atomic mass is 16.6. The molecule has 6 heteroatoms. The van der Waals surface area contributed by atoms with E-state index < -0.39 is 5.60 Å². The summed E-state index contributed by atoms with van der Waals surface area (Å²) in [6.45, 7) is 6.16. The van der Waals surface area contributed by atoms with Crippen LogP contribution in [0.5, 0.6) is 0 Å². The fourth-order valence-corrected chi connectivity index (χ4v) is 3.82. The molecule has 1 heterocycles. The number of hydrogen-bond donors (Lipinski definition) is 2. The SMILES string of the molecule is Cn1ccc2c(NC(=O)C3CCC(CNC(=O)OC(C)(C)C)CC3)cccc21. The monoisotopic (exact) mass is 385 g/mol. The number of fused-ring (bicyclic) bond motifs is 1. The van der Waals surface area contributed by atoms with E-state index in [4.69, 9.17) is 4.74 Å². The van der Waals surface area contributed by atoms with Crippen LogP contribution in [-0.4, -0.2) is 28.7 Å². The molecule has 1 aliphatic carbocycles. The predicted octanol–water partition coefficient (Wildman–Crippen LogP) is 4.45. The summed E-state index contributed by atoms with van der Waals surface area (Å²) in [5, 5.41) is 7.03. The van der Waals surface area contributed by atoms with Crippen LogP contribution in [0, 0.1) is 11.8 Å². The Labute approximate surface area is 166 Å². The number of alkyl carbamates (subject to hydrolysis) is 1. The van der Waals surface area contributed by atoms with E-state index in [0.717, 1.165) is 42.3 Å². The topological polar surface area (TPSA) is 72.4 Å². The number of anilines is 1. The van der Waals surface area contributed by atoms with Crippen LogP contribution in [0.2, 0.25) is 0 Å². The Kier molecular flexibility index (Phi) is 5.96. The number of benzene rings is 1. The second kappa shape index (κ2) is 8.25. The summed E-state index contributed by atoms with van der Waals surface area (Å²) in [4.78, 5) is 24.5. The minimum absolute atomic E-state index is 0.0248. The molecular formula is C22H31N3O3. The maximum absolute atomic E-state index is 12.7. The first-order chi connectivity index (χ1) is 13.2. The van der Waals surface area contributed by atoms with Crippen molar-refractivity contribution in [2.45, 2.75) is 52.1 Å². The summed E-state index contributed by atoms with van der Waals surface area (Å²) < 4.78 is 7.32. The molecule has 1 aliphatic rings. The van der Waals surface area contributed by atoms with Crippen LogP contribution in [-0.2, 0) is 16.6 Å². The summed E-state index contributed by atoms with van der Waals surface area (Å²) in [7, 11) is 2.00. The van der Waals surface area contributed by atoms with Gasteiger partial charge in [0.05, 0.1) is 5.69 Å². The maximum atomic E-state index is 12.7. The van der Waals surface area contributed by atoms with Crippen LogP contribution < -0.4 is 10.6 Å². The van der Waals surface area contributed by atoms with Crippen LogP contribution in [0.1, 0.15) is 46.5 Å². The third-order valence-electron chi connectivity index (χ3n) is 5.34. The minimum atomic E-state index is -0.485. The Hall–Kier alpha value is -2.50. The highest BCUT2D eigenvalue weighted by Gasteiger charge is 2.27. The van der Waals surface area contributed by atoms with E-state index >= 15 is 0 Å². The van der Waals surface area contributed by atoms with Gasteiger partial charge in [-0.2, -0.15) is 0 Å². The standard InChI is InChI=1S/C22H31N3O3/c1-22(2,3)28-21(27)23-14-15-8-10-16(11-9-15)20(26)24-18-6-5-7-19-17(18)12-13-25(19)4/h5-7,12-13,15-16H,8-11,14H2,1-4H3,(H,23,27)(H,24,26). The molecule has 1 saturated carbocycles. The lowest BCUT2D eigenvalue weighted by Gasteiger charge is -2.28. The average molecular weight is 386 g/mol. The number of rotatable bonds is 4.